The largest absolute Gasteiger partial charge is 0.480 e. The van der Waals surface area contributed by atoms with Crippen molar-refractivity contribution < 1.29 is 22.7 Å². The van der Waals surface area contributed by atoms with Crippen molar-refractivity contribution >= 4 is 16.0 Å². The number of carboxylic acid groups (broad SMARTS) is 1. The van der Waals surface area contributed by atoms with Crippen molar-refractivity contribution in [1.82, 2.24) is 4.72 Å². The fraction of sp³-hybridized carbons (Fsp3) is 0.300. The monoisotopic (exact) mass is 261 g/mol. The van der Waals surface area contributed by atoms with Crippen LogP contribution < -0.4 is 4.72 Å². The van der Waals surface area contributed by atoms with Crippen molar-refractivity contribution in [2.24, 2.45) is 0 Å². The van der Waals surface area contributed by atoms with Crippen LogP contribution in [0.2, 0.25) is 0 Å². The summed E-state index contributed by atoms with van der Waals surface area (Å²) in [5.41, 5.74) is 0.315. The third kappa shape index (κ3) is 3.24. The Hall–Kier alpha value is -1.47. The molecule has 0 aliphatic rings. The Bertz CT molecular complexity index is 541. The quantitative estimate of drug-likeness (QED) is 0.843. The van der Waals surface area contributed by atoms with E-state index in [4.69, 9.17) is 5.11 Å². The van der Waals surface area contributed by atoms with Crippen LogP contribution in [0.1, 0.15) is 12.5 Å². The standard InChI is InChI=1S/C10H12FNO4S/c1-6-3-4-8(5-9(6)11)17(15,16)12-7(2)10(13)14/h3-5,7,12H,1-2H3,(H,13,14). The van der Waals surface area contributed by atoms with Gasteiger partial charge in [-0.3, -0.25) is 4.79 Å². The van der Waals surface area contributed by atoms with Crippen molar-refractivity contribution in [2.75, 3.05) is 0 Å². The van der Waals surface area contributed by atoms with Gasteiger partial charge in [0.15, 0.2) is 0 Å². The molecule has 1 aromatic rings. The summed E-state index contributed by atoms with van der Waals surface area (Å²) in [5.74, 6) is -1.96. The molecule has 0 aliphatic heterocycles. The van der Waals surface area contributed by atoms with Crippen LogP contribution in [0, 0.1) is 12.7 Å². The van der Waals surface area contributed by atoms with Crippen LogP contribution in [0.25, 0.3) is 0 Å². The average molecular weight is 261 g/mol. The van der Waals surface area contributed by atoms with E-state index < -0.39 is 27.9 Å². The first-order valence-electron chi connectivity index (χ1n) is 4.75. The zero-order valence-corrected chi connectivity index (χ0v) is 10.1. The number of hydrogen-bond donors (Lipinski definition) is 2. The molecule has 0 spiro atoms. The van der Waals surface area contributed by atoms with Crippen LogP contribution in [0.15, 0.2) is 23.1 Å². The van der Waals surface area contributed by atoms with E-state index in [2.05, 4.69) is 0 Å². The lowest BCUT2D eigenvalue weighted by atomic mass is 10.2. The highest BCUT2D eigenvalue weighted by Crippen LogP contribution is 2.14. The summed E-state index contributed by atoms with van der Waals surface area (Å²) >= 11 is 0. The Morgan fingerprint density at radius 3 is 2.53 bits per heavy atom. The molecule has 0 fully saturated rings. The highest BCUT2D eigenvalue weighted by molar-refractivity contribution is 7.89. The summed E-state index contributed by atoms with van der Waals surface area (Å²) in [6, 6.07) is 2.11. The second kappa shape index (κ2) is 4.80. The molecule has 1 aromatic carbocycles. The Kier molecular flexibility index (Phi) is 3.84. The van der Waals surface area contributed by atoms with Crippen molar-refractivity contribution in [2.45, 2.75) is 24.8 Å². The predicted octanol–water partition coefficient (Wildman–Crippen LogP) is 0.886. The smallest absolute Gasteiger partial charge is 0.321 e. The number of benzene rings is 1. The second-order valence-corrected chi connectivity index (χ2v) is 5.31. The number of hydrogen-bond acceptors (Lipinski definition) is 3. The van der Waals surface area contributed by atoms with Crippen molar-refractivity contribution in [3.8, 4) is 0 Å². The van der Waals surface area contributed by atoms with Gasteiger partial charge in [-0.2, -0.15) is 4.72 Å². The van der Waals surface area contributed by atoms with Crippen molar-refractivity contribution in [1.29, 1.82) is 0 Å². The van der Waals surface area contributed by atoms with Gasteiger partial charge in [0, 0.05) is 0 Å². The summed E-state index contributed by atoms with van der Waals surface area (Å²) in [5, 5.41) is 8.59. The average Bonchev–Trinajstić information content (AvgIpc) is 2.21. The summed E-state index contributed by atoms with van der Waals surface area (Å²) in [6.07, 6.45) is 0. The maximum Gasteiger partial charge on any atom is 0.321 e. The maximum atomic E-state index is 13.2. The fourth-order valence-electron chi connectivity index (χ4n) is 1.09. The van der Waals surface area contributed by atoms with E-state index in [-0.39, 0.29) is 4.90 Å². The number of aryl methyl sites for hydroxylation is 1. The Labute approximate surface area is 98.3 Å². The SMILES string of the molecule is Cc1ccc(S(=O)(=O)NC(C)C(=O)O)cc1F. The van der Waals surface area contributed by atoms with Crippen LogP contribution in [-0.2, 0) is 14.8 Å². The Morgan fingerprint density at radius 1 is 1.47 bits per heavy atom. The number of halogens is 1. The predicted molar refractivity (Wildman–Crippen MR) is 58.6 cm³/mol. The molecule has 7 heteroatoms. The molecule has 0 aliphatic carbocycles. The van der Waals surface area contributed by atoms with Gasteiger partial charge in [0.05, 0.1) is 4.90 Å². The number of carboxylic acids is 1. The second-order valence-electron chi connectivity index (χ2n) is 3.59. The first kappa shape index (κ1) is 13.6. The van der Waals surface area contributed by atoms with Gasteiger partial charge >= 0.3 is 5.97 Å². The molecule has 1 unspecified atom stereocenters. The van der Waals surface area contributed by atoms with Gasteiger partial charge in [-0.25, -0.2) is 12.8 Å². The zero-order valence-electron chi connectivity index (χ0n) is 9.27. The molecule has 2 N–H and O–H groups in total. The van der Waals surface area contributed by atoms with Gasteiger partial charge in [-0.05, 0) is 31.5 Å². The number of carbonyl (C=O) groups is 1. The Balaban J connectivity index is 3.05. The van der Waals surface area contributed by atoms with Gasteiger partial charge in [0.25, 0.3) is 0 Å². The molecule has 0 bridgehead atoms. The number of nitrogens with one attached hydrogen (secondary N) is 1. The lowest BCUT2D eigenvalue weighted by Gasteiger charge is -2.10. The first-order chi connectivity index (χ1) is 7.74. The molecule has 1 atom stereocenters. The van der Waals surface area contributed by atoms with E-state index in [0.29, 0.717) is 5.56 Å². The highest BCUT2D eigenvalue weighted by Gasteiger charge is 2.21. The molecule has 0 radical (unpaired) electrons. The molecule has 1 rings (SSSR count). The van der Waals surface area contributed by atoms with Gasteiger partial charge < -0.3 is 5.11 Å². The minimum Gasteiger partial charge on any atom is -0.480 e. The highest BCUT2D eigenvalue weighted by atomic mass is 32.2. The van der Waals surface area contributed by atoms with Crippen LogP contribution in [-0.4, -0.2) is 25.5 Å². The molecule has 5 nitrogen and oxygen atoms in total. The van der Waals surface area contributed by atoms with Crippen LogP contribution in [0.3, 0.4) is 0 Å². The summed E-state index contributed by atoms with van der Waals surface area (Å²) in [4.78, 5) is 10.2. The molecule has 0 aromatic heterocycles. The molecular weight excluding hydrogens is 249 g/mol. The lowest BCUT2D eigenvalue weighted by molar-refractivity contribution is -0.138. The summed E-state index contributed by atoms with van der Waals surface area (Å²) in [6.45, 7) is 2.68. The first-order valence-corrected chi connectivity index (χ1v) is 6.23. The zero-order chi connectivity index (χ0) is 13.2. The molecular formula is C10H12FNO4S. The minimum absolute atomic E-state index is 0.297. The third-order valence-corrected chi connectivity index (χ3v) is 3.69. The molecule has 0 heterocycles. The van der Waals surface area contributed by atoms with Gasteiger partial charge in [-0.15, -0.1) is 0 Å². The van der Waals surface area contributed by atoms with Crippen molar-refractivity contribution in [3.05, 3.63) is 29.6 Å². The maximum absolute atomic E-state index is 13.2. The molecule has 0 saturated heterocycles. The molecule has 0 amide bonds. The number of rotatable bonds is 4. The topological polar surface area (TPSA) is 83.5 Å². The molecule has 94 valence electrons. The van der Waals surface area contributed by atoms with E-state index >= 15 is 0 Å². The van der Waals surface area contributed by atoms with Crippen LogP contribution in [0.5, 0.6) is 0 Å². The fourth-order valence-corrected chi connectivity index (χ4v) is 2.30. The van der Waals surface area contributed by atoms with E-state index in [0.717, 1.165) is 6.07 Å². The number of aliphatic carboxylic acids is 1. The lowest BCUT2D eigenvalue weighted by Crippen LogP contribution is -2.38. The third-order valence-electron chi connectivity index (χ3n) is 2.16. The van der Waals surface area contributed by atoms with Gasteiger partial charge in [0.2, 0.25) is 10.0 Å². The number of sulfonamides is 1. The van der Waals surface area contributed by atoms with Crippen LogP contribution in [0.4, 0.5) is 4.39 Å². The van der Waals surface area contributed by atoms with Crippen molar-refractivity contribution in [3.63, 3.8) is 0 Å². The van der Waals surface area contributed by atoms with Gasteiger partial charge in [-0.1, -0.05) is 6.07 Å². The van der Waals surface area contributed by atoms with E-state index in [1.54, 1.807) is 0 Å². The van der Waals surface area contributed by atoms with Crippen LogP contribution >= 0.6 is 0 Å². The normalized spacial score (nSPS) is 13.4. The van der Waals surface area contributed by atoms with E-state index in [9.17, 15) is 17.6 Å². The molecule has 17 heavy (non-hydrogen) atoms. The minimum atomic E-state index is -4.01. The van der Waals surface area contributed by atoms with E-state index in [1.165, 1.54) is 26.0 Å². The summed E-state index contributed by atoms with van der Waals surface area (Å²) in [7, 11) is -4.01. The van der Waals surface area contributed by atoms with E-state index in [1.807, 2.05) is 4.72 Å². The molecule has 0 saturated carbocycles. The Morgan fingerprint density at radius 2 is 2.06 bits per heavy atom. The summed E-state index contributed by atoms with van der Waals surface area (Å²) < 4.78 is 38.5. The van der Waals surface area contributed by atoms with Gasteiger partial charge in [0.1, 0.15) is 11.9 Å².